The van der Waals surface area contributed by atoms with Crippen molar-refractivity contribution < 1.29 is 50.0 Å². The zero-order chi connectivity index (χ0) is 54.7. The van der Waals surface area contributed by atoms with E-state index in [2.05, 4.69) is 43.5 Å². The molecule has 1 aliphatic rings. The van der Waals surface area contributed by atoms with Crippen molar-refractivity contribution in [2.45, 2.75) is 364 Å². The second-order valence-corrected chi connectivity index (χ2v) is 22.8. The Bertz CT molecular complexity index is 1270. The standard InChI is InChI=1S/C64H123NO10/c1-3-5-7-9-11-13-15-17-18-19-20-21-22-23-24-25-26-27-28-29-30-31-32-33-34-35-36-37-38-39-40-42-44-46-48-50-52-57(68)63(73)65-55(54-74-64-62(72)61(71)60(70)58(53-66)75-64)59(69)56(67)51-49-47-45-43-41-16-14-12-10-8-6-4-2/h27-28,43,45,55-62,64,66-72H,3-26,29-42,44,46-54H2,1-2H3,(H,65,73)/b28-27-,45-43+. The molecule has 9 unspecified atom stereocenters. The van der Waals surface area contributed by atoms with Gasteiger partial charge in [0.25, 0.3) is 0 Å². The van der Waals surface area contributed by atoms with Crippen LogP contribution in [0, 0.1) is 0 Å². The highest BCUT2D eigenvalue weighted by atomic mass is 16.7. The van der Waals surface area contributed by atoms with Crippen LogP contribution in [0.4, 0.5) is 0 Å². The van der Waals surface area contributed by atoms with Crippen molar-refractivity contribution >= 4 is 5.91 Å². The fraction of sp³-hybridized carbons (Fsp3) is 0.922. The average Bonchev–Trinajstić information content (AvgIpc) is 3.41. The predicted molar refractivity (Wildman–Crippen MR) is 312 cm³/mol. The summed E-state index contributed by atoms with van der Waals surface area (Å²) in [5.74, 6) is -0.703. The Morgan fingerprint density at radius 2 is 0.787 bits per heavy atom. The molecule has 0 bridgehead atoms. The molecule has 75 heavy (non-hydrogen) atoms. The number of nitrogens with one attached hydrogen (secondary N) is 1. The van der Waals surface area contributed by atoms with Gasteiger partial charge < -0.3 is 50.5 Å². The van der Waals surface area contributed by atoms with E-state index >= 15 is 0 Å². The van der Waals surface area contributed by atoms with E-state index in [0.717, 1.165) is 38.5 Å². The van der Waals surface area contributed by atoms with Crippen molar-refractivity contribution in [3.05, 3.63) is 24.3 Å². The lowest BCUT2D eigenvalue weighted by molar-refractivity contribution is -0.303. The van der Waals surface area contributed by atoms with Gasteiger partial charge in [-0.2, -0.15) is 0 Å². The van der Waals surface area contributed by atoms with E-state index in [-0.39, 0.29) is 12.8 Å². The van der Waals surface area contributed by atoms with E-state index in [1.54, 1.807) is 0 Å². The lowest BCUT2D eigenvalue weighted by atomic mass is 9.98. The number of carbonyl (C=O) groups excluding carboxylic acids is 1. The minimum Gasteiger partial charge on any atom is -0.394 e. The Kier molecular flexibility index (Phi) is 50.8. The second kappa shape index (κ2) is 53.2. The fourth-order valence-corrected chi connectivity index (χ4v) is 10.5. The van der Waals surface area contributed by atoms with Gasteiger partial charge in [0.1, 0.15) is 36.6 Å². The molecule has 1 heterocycles. The topological polar surface area (TPSA) is 189 Å². The number of hydrogen-bond acceptors (Lipinski definition) is 10. The summed E-state index contributed by atoms with van der Waals surface area (Å²) in [6, 6.07) is -1.18. The number of hydrogen-bond donors (Lipinski definition) is 8. The summed E-state index contributed by atoms with van der Waals surface area (Å²) < 4.78 is 11.1. The molecule has 1 fully saturated rings. The van der Waals surface area contributed by atoms with E-state index in [1.165, 1.54) is 231 Å². The Balaban J connectivity index is 2.12. The molecule has 0 aliphatic carbocycles. The number of aliphatic hydroxyl groups excluding tert-OH is 7. The van der Waals surface area contributed by atoms with Crippen LogP contribution in [-0.4, -0.2) is 110 Å². The monoisotopic (exact) mass is 1070 g/mol. The van der Waals surface area contributed by atoms with Crippen molar-refractivity contribution in [1.82, 2.24) is 5.32 Å². The molecule has 11 heteroatoms. The van der Waals surface area contributed by atoms with Crippen molar-refractivity contribution in [3.8, 4) is 0 Å². The van der Waals surface area contributed by atoms with Gasteiger partial charge in [-0.3, -0.25) is 4.79 Å². The summed E-state index contributed by atoms with van der Waals surface area (Å²) in [5, 5.41) is 76.0. The van der Waals surface area contributed by atoms with Crippen LogP contribution in [0.1, 0.15) is 309 Å². The third-order valence-electron chi connectivity index (χ3n) is 15.7. The smallest absolute Gasteiger partial charge is 0.249 e. The molecule has 0 radical (unpaired) electrons. The van der Waals surface area contributed by atoms with Crippen molar-refractivity contribution in [1.29, 1.82) is 0 Å². The SMILES string of the molecule is CCCCCCCCC/C=C/CCCC(O)C(O)C(COC1OC(CO)C(O)C(O)C1O)NC(=O)C(O)CCCCCCCCCCCCCCCCCC/C=C\CCCCCCCCCCCCCCCCCC. The maximum absolute atomic E-state index is 13.2. The van der Waals surface area contributed by atoms with Gasteiger partial charge >= 0.3 is 0 Å². The van der Waals surface area contributed by atoms with E-state index in [1.807, 2.05) is 0 Å². The molecule has 0 aromatic heterocycles. The Labute approximate surface area is 461 Å². The van der Waals surface area contributed by atoms with Crippen LogP contribution >= 0.6 is 0 Å². The average molecular weight is 1070 g/mol. The van der Waals surface area contributed by atoms with Gasteiger partial charge in [-0.1, -0.05) is 269 Å². The summed E-state index contributed by atoms with van der Waals surface area (Å²) in [5.41, 5.74) is 0. The molecule has 1 aliphatic heterocycles. The molecule has 0 spiro atoms. The molecule has 8 N–H and O–H groups in total. The van der Waals surface area contributed by atoms with Gasteiger partial charge in [0.15, 0.2) is 6.29 Å². The quantitative estimate of drug-likeness (QED) is 0.0215. The first-order chi connectivity index (χ1) is 36.7. The number of rotatable bonds is 56. The Hall–Kier alpha value is -1.41. The lowest BCUT2D eigenvalue weighted by Crippen LogP contribution is -2.60. The van der Waals surface area contributed by atoms with Crippen LogP contribution < -0.4 is 5.32 Å². The van der Waals surface area contributed by atoms with Crippen molar-refractivity contribution in [2.24, 2.45) is 0 Å². The third-order valence-corrected chi connectivity index (χ3v) is 15.7. The molecule has 0 saturated carbocycles. The molecular formula is C64H123NO10. The number of aliphatic hydroxyl groups is 7. The van der Waals surface area contributed by atoms with Crippen molar-refractivity contribution in [2.75, 3.05) is 13.2 Å². The van der Waals surface area contributed by atoms with Gasteiger partial charge in [-0.25, -0.2) is 0 Å². The predicted octanol–water partition coefficient (Wildman–Crippen LogP) is 14.5. The van der Waals surface area contributed by atoms with Crippen LogP contribution in [0.3, 0.4) is 0 Å². The largest absolute Gasteiger partial charge is 0.394 e. The first-order valence-corrected chi connectivity index (χ1v) is 32.2. The highest BCUT2D eigenvalue weighted by Crippen LogP contribution is 2.24. The van der Waals surface area contributed by atoms with Crippen LogP contribution in [0.5, 0.6) is 0 Å². The highest BCUT2D eigenvalue weighted by Gasteiger charge is 2.44. The molecule has 1 amide bonds. The molecule has 444 valence electrons. The van der Waals surface area contributed by atoms with Gasteiger partial charge in [-0.15, -0.1) is 0 Å². The number of ether oxygens (including phenoxy) is 2. The number of unbranched alkanes of at least 4 members (excludes halogenated alkanes) is 40. The minimum atomic E-state index is -1.67. The first-order valence-electron chi connectivity index (χ1n) is 32.2. The molecule has 1 rings (SSSR count). The molecule has 1 saturated heterocycles. The highest BCUT2D eigenvalue weighted by molar-refractivity contribution is 5.80. The van der Waals surface area contributed by atoms with Gasteiger partial charge in [0.2, 0.25) is 5.91 Å². The summed E-state index contributed by atoms with van der Waals surface area (Å²) in [6.07, 6.45) is 54.3. The molecule has 11 nitrogen and oxygen atoms in total. The zero-order valence-electron chi connectivity index (χ0n) is 48.8. The van der Waals surface area contributed by atoms with E-state index < -0.39 is 74.2 Å². The lowest BCUT2D eigenvalue weighted by Gasteiger charge is -2.40. The van der Waals surface area contributed by atoms with Crippen LogP contribution in [0.15, 0.2) is 24.3 Å². The molecule has 9 atom stereocenters. The molecule has 0 aromatic carbocycles. The zero-order valence-corrected chi connectivity index (χ0v) is 48.8. The Morgan fingerprint density at radius 3 is 1.15 bits per heavy atom. The van der Waals surface area contributed by atoms with Gasteiger partial charge in [0.05, 0.1) is 25.4 Å². The van der Waals surface area contributed by atoms with Crippen LogP contribution in [-0.2, 0) is 14.3 Å². The second-order valence-electron chi connectivity index (χ2n) is 22.8. The van der Waals surface area contributed by atoms with E-state index in [4.69, 9.17) is 9.47 Å². The summed E-state index contributed by atoms with van der Waals surface area (Å²) >= 11 is 0. The normalized spacial score (nSPS) is 19.8. The number of allylic oxidation sites excluding steroid dienone is 4. The molecule has 0 aromatic rings. The number of amides is 1. The van der Waals surface area contributed by atoms with Crippen LogP contribution in [0.2, 0.25) is 0 Å². The maximum Gasteiger partial charge on any atom is 0.249 e. The molecular weight excluding hydrogens is 943 g/mol. The van der Waals surface area contributed by atoms with Gasteiger partial charge in [-0.05, 0) is 64.2 Å². The fourth-order valence-electron chi connectivity index (χ4n) is 10.5. The van der Waals surface area contributed by atoms with Gasteiger partial charge in [0, 0.05) is 0 Å². The Morgan fingerprint density at radius 1 is 0.453 bits per heavy atom. The van der Waals surface area contributed by atoms with Crippen LogP contribution in [0.25, 0.3) is 0 Å². The van der Waals surface area contributed by atoms with E-state index in [0.29, 0.717) is 12.8 Å². The third kappa shape index (κ3) is 41.3. The summed E-state index contributed by atoms with van der Waals surface area (Å²) in [4.78, 5) is 13.2. The summed E-state index contributed by atoms with van der Waals surface area (Å²) in [7, 11) is 0. The maximum atomic E-state index is 13.2. The number of carbonyl (C=O) groups is 1. The minimum absolute atomic E-state index is 0.257. The van der Waals surface area contributed by atoms with Crippen molar-refractivity contribution in [3.63, 3.8) is 0 Å². The van der Waals surface area contributed by atoms with E-state index in [9.17, 15) is 40.5 Å². The first kappa shape index (κ1) is 71.6. The summed E-state index contributed by atoms with van der Waals surface area (Å²) in [6.45, 7) is 3.45.